The van der Waals surface area contributed by atoms with E-state index in [4.69, 9.17) is 14.6 Å². The SMILES string of the molecule is O=C(O)CCc1ccc(S(=O)(=O)Nc2cccc3c2OCCO3)cc1. The summed E-state index contributed by atoms with van der Waals surface area (Å²) in [5.74, 6) is -0.0275. The van der Waals surface area contributed by atoms with Gasteiger partial charge in [-0.3, -0.25) is 9.52 Å². The van der Waals surface area contributed by atoms with Gasteiger partial charge in [0.05, 0.1) is 10.6 Å². The third-order valence-electron chi connectivity index (χ3n) is 3.67. The molecule has 0 saturated carbocycles. The van der Waals surface area contributed by atoms with Crippen molar-refractivity contribution in [3.63, 3.8) is 0 Å². The molecule has 0 amide bonds. The van der Waals surface area contributed by atoms with Crippen molar-refractivity contribution >= 4 is 21.7 Å². The minimum Gasteiger partial charge on any atom is -0.486 e. The molecule has 0 bridgehead atoms. The number of hydrogen-bond acceptors (Lipinski definition) is 5. The van der Waals surface area contributed by atoms with Crippen molar-refractivity contribution in [3.05, 3.63) is 48.0 Å². The van der Waals surface area contributed by atoms with E-state index in [2.05, 4.69) is 4.72 Å². The van der Waals surface area contributed by atoms with Crippen LogP contribution in [0.15, 0.2) is 47.4 Å². The Morgan fingerprint density at radius 2 is 1.80 bits per heavy atom. The number of sulfonamides is 1. The second-order valence-electron chi connectivity index (χ2n) is 5.47. The van der Waals surface area contributed by atoms with E-state index in [9.17, 15) is 13.2 Å². The van der Waals surface area contributed by atoms with Crippen LogP contribution in [0.4, 0.5) is 5.69 Å². The maximum Gasteiger partial charge on any atom is 0.303 e. The highest BCUT2D eigenvalue weighted by molar-refractivity contribution is 7.92. The lowest BCUT2D eigenvalue weighted by Crippen LogP contribution is -2.19. The Labute approximate surface area is 145 Å². The van der Waals surface area contributed by atoms with Gasteiger partial charge in [-0.1, -0.05) is 18.2 Å². The lowest BCUT2D eigenvalue weighted by molar-refractivity contribution is -0.136. The van der Waals surface area contributed by atoms with Crippen molar-refractivity contribution in [1.29, 1.82) is 0 Å². The number of carbonyl (C=O) groups is 1. The van der Waals surface area contributed by atoms with Crippen LogP contribution in [0.25, 0.3) is 0 Å². The fourth-order valence-corrected chi connectivity index (χ4v) is 3.51. The van der Waals surface area contributed by atoms with Crippen molar-refractivity contribution in [2.24, 2.45) is 0 Å². The van der Waals surface area contributed by atoms with Crippen LogP contribution in [-0.2, 0) is 21.2 Å². The monoisotopic (exact) mass is 363 g/mol. The molecule has 2 aromatic carbocycles. The van der Waals surface area contributed by atoms with Gasteiger partial charge in [0.15, 0.2) is 11.5 Å². The molecule has 2 aromatic rings. The fraction of sp³-hybridized carbons (Fsp3) is 0.235. The highest BCUT2D eigenvalue weighted by atomic mass is 32.2. The van der Waals surface area contributed by atoms with Crippen LogP contribution in [0.5, 0.6) is 11.5 Å². The Balaban J connectivity index is 1.79. The zero-order valence-corrected chi connectivity index (χ0v) is 14.1. The molecular weight excluding hydrogens is 346 g/mol. The molecule has 0 aliphatic carbocycles. The summed E-state index contributed by atoms with van der Waals surface area (Å²) in [6.07, 6.45) is 0.346. The quantitative estimate of drug-likeness (QED) is 0.816. The zero-order chi connectivity index (χ0) is 17.9. The number of aryl methyl sites for hydroxylation is 1. The molecular formula is C17H17NO6S. The fourth-order valence-electron chi connectivity index (χ4n) is 2.44. The first-order valence-electron chi connectivity index (χ1n) is 7.68. The van der Waals surface area contributed by atoms with Crippen LogP contribution in [0, 0.1) is 0 Å². The van der Waals surface area contributed by atoms with Gasteiger partial charge >= 0.3 is 5.97 Å². The summed E-state index contributed by atoms with van der Waals surface area (Å²) in [5.41, 5.74) is 1.07. The normalized spacial score (nSPS) is 13.3. The minimum absolute atomic E-state index is 0.00215. The van der Waals surface area contributed by atoms with Gasteiger partial charge < -0.3 is 14.6 Å². The highest BCUT2D eigenvalue weighted by Crippen LogP contribution is 2.38. The molecule has 0 atom stereocenters. The Morgan fingerprint density at radius 3 is 2.52 bits per heavy atom. The molecule has 2 N–H and O–H groups in total. The molecule has 0 fully saturated rings. The van der Waals surface area contributed by atoms with Gasteiger partial charge in [0.2, 0.25) is 0 Å². The predicted molar refractivity (Wildman–Crippen MR) is 90.6 cm³/mol. The molecule has 1 aliphatic rings. The summed E-state index contributed by atoms with van der Waals surface area (Å²) in [5, 5.41) is 8.69. The summed E-state index contributed by atoms with van der Waals surface area (Å²) in [6, 6.07) is 11.1. The molecule has 8 heteroatoms. The van der Waals surface area contributed by atoms with Gasteiger partial charge in [-0.15, -0.1) is 0 Å². The molecule has 0 radical (unpaired) electrons. The number of ether oxygens (including phenoxy) is 2. The molecule has 3 rings (SSSR count). The van der Waals surface area contributed by atoms with Gasteiger partial charge in [-0.2, -0.15) is 0 Å². The largest absolute Gasteiger partial charge is 0.486 e. The predicted octanol–water partition coefficient (Wildman–Crippen LogP) is 2.28. The lowest BCUT2D eigenvalue weighted by Gasteiger charge is -2.21. The first kappa shape index (κ1) is 17.1. The molecule has 0 spiro atoms. The average Bonchev–Trinajstić information content (AvgIpc) is 2.60. The van der Waals surface area contributed by atoms with Gasteiger partial charge in [0, 0.05) is 6.42 Å². The van der Waals surface area contributed by atoms with Gasteiger partial charge in [-0.25, -0.2) is 8.42 Å². The van der Waals surface area contributed by atoms with Crippen LogP contribution in [-0.4, -0.2) is 32.7 Å². The summed E-state index contributed by atoms with van der Waals surface area (Å²) in [7, 11) is -3.80. The summed E-state index contributed by atoms with van der Waals surface area (Å²) >= 11 is 0. The van der Waals surface area contributed by atoms with E-state index in [1.165, 1.54) is 12.1 Å². The number of fused-ring (bicyclic) bond motifs is 1. The van der Waals surface area contributed by atoms with E-state index in [0.717, 1.165) is 5.56 Å². The van der Waals surface area contributed by atoms with Crippen LogP contribution < -0.4 is 14.2 Å². The van der Waals surface area contributed by atoms with Crippen LogP contribution in [0.1, 0.15) is 12.0 Å². The topological polar surface area (TPSA) is 102 Å². The number of carboxylic acids is 1. The second-order valence-corrected chi connectivity index (χ2v) is 7.16. The third kappa shape index (κ3) is 4.03. The standard InChI is InChI=1S/C17H17NO6S/c19-16(20)9-6-12-4-7-13(8-5-12)25(21,22)18-14-2-1-3-15-17(14)24-11-10-23-15/h1-5,7-8,18H,6,9-11H2,(H,19,20). The van der Waals surface area contributed by atoms with Crippen molar-refractivity contribution in [3.8, 4) is 11.5 Å². The molecule has 0 unspecified atom stereocenters. The molecule has 1 aliphatic heterocycles. The van der Waals surface area contributed by atoms with Gasteiger partial charge in [0.1, 0.15) is 13.2 Å². The van der Waals surface area contributed by atoms with Gasteiger partial charge in [-0.05, 0) is 36.2 Å². The van der Waals surface area contributed by atoms with E-state index >= 15 is 0 Å². The Kier molecular flexibility index (Phi) is 4.80. The third-order valence-corrected chi connectivity index (χ3v) is 5.05. The zero-order valence-electron chi connectivity index (χ0n) is 13.3. The van der Waals surface area contributed by atoms with Gasteiger partial charge in [0.25, 0.3) is 10.0 Å². The summed E-state index contributed by atoms with van der Waals surface area (Å²) in [6.45, 7) is 0.769. The number of nitrogens with one attached hydrogen (secondary N) is 1. The summed E-state index contributed by atoms with van der Waals surface area (Å²) in [4.78, 5) is 10.7. The number of aliphatic carboxylic acids is 1. The molecule has 7 nitrogen and oxygen atoms in total. The molecule has 0 saturated heterocycles. The Morgan fingerprint density at radius 1 is 1.08 bits per heavy atom. The van der Waals surface area contributed by atoms with E-state index in [-0.39, 0.29) is 11.3 Å². The first-order chi connectivity index (χ1) is 12.0. The first-order valence-corrected chi connectivity index (χ1v) is 9.16. The molecule has 25 heavy (non-hydrogen) atoms. The van der Waals surface area contributed by atoms with Crippen molar-refractivity contribution < 1.29 is 27.8 Å². The van der Waals surface area contributed by atoms with Crippen molar-refractivity contribution in [2.75, 3.05) is 17.9 Å². The van der Waals surface area contributed by atoms with E-state index in [1.807, 2.05) is 0 Å². The van der Waals surface area contributed by atoms with E-state index in [1.54, 1.807) is 30.3 Å². The maximum absolute atomic E-state index is 12.6. The number of hydrogen-bond donors (Lipinski definition) is 2. The number of anilines is 1. The van der Waals surface area contributed by atoms with E-state index < -0.39 is 16.0 Å². The number of para-hydroxylation sites is 1. The minimum atomic E-state index is -3.80. The van der Waals surface area contributed by atoms with Crippen molar-refractivity contribution in [1.82, 2.24) is 0 Å². The summed E-state index contributed by atoms with van der Waals surface area (Å²) < 4.78 is 38.6. The highest BCUT2D eigenvalue weighted by Gasteiger charge is 2.21. The maximum atomic E-state index is 12.6. The smallest absolute Gasteiger partial charge is 0.303 e. The Hall–Kier alpha value is -2.74. The van der Waals surface area contributed by atoms with E-state index in [0.29, 0.717) is 36.8 Å². The molecule has 1 heterocycles. The number of carboxylic acid groups (broad SMARTS) is 1. The average molecular weight is 363 g/mol. The number of benzene rings is 2. The lowest BCUT2D eigenvalue weighted by atomic mass is 10.1. The van der Waals surface area contributed by atoms with Crippen LogP contribution in [0.2, 0.25) is 0 Å². The Bertz CT molecular complexity index is 877. The molecule has 0 aromatic heterocycles. The van der Waals surface area contributed by atoms with Crippen LogP contribution >= 0.6 is 0 Å². The van der Waals surface area contributed by atoms with Crippen LogP contribution in [0.3, 0.4) is 0 Å². The number of rotatable bonds is 6. The second kappa shape index (κ2) is 7.02. The van der Waals surface area contributed by atoms with Crippen molar-refractivity contribution in [2.45, 2.75) is 17.7 Å². The molecule has 132 valence electrons.